The molecule has 0 saturated carbocycles. The highest BCUT2D eigenvalue weighted by Crippen LogP contribution is 2.17. The van der Waals surface area contributed by atoms with Crippen LogP contribution in [0.1, 0.15) is 31.2 Å². The van der Waals surface area contributed by atoms with Gasteiger partial charge < -0.3 is 5.73 Å². The minimum atomic E-state index is 0.423. The van der Waals surface area contributed by atoms with Crippen LogP contribution >= 0.6 is 11.6 Å². The van der Waals surface area contributed by atoms with Crippen LogP contribution in [0.5, 0.6) is 0 Å². The molecule has 0 fully saturated rings. The molecule has 1 aromatic heterocycles. The van der Waals surface area contributed by atoms with E-state index in [0.717, 1.165) is 36.3 Å². The summed E-state index contributed by atoms with van der Waals surface area (Å²) in [6, 6.07) is 7.58. The van der Waals surface area contributed by atoms with Crippen molar-refractivity contribution < 1.29 is 0 Å². The molecule has 18 heavy (non-hydrogen) atoms. The summed E-state index contributed by atoms with van der Waals surface area (Å²) in [5.41, 5.74) is 8.64. The van der Waals surface area contributed by atoms with Gasteiger partial charge in [-0.1, -0.05) is 30.2 Å². The van der Waals surface area contributed by atoms with Crippen molar-refractivity contribution in [2.75, 3.05) is 0 Å². The predicted molar refractivity (Wildman–Crippen MR) is 72.9 cm³/mol. The average Bonchev–Trinajstić information content (AvgIpc) is 2.80. The maximum absolute atomic E-state index is 5.89. The van der Waals surface area contributed by atoms with Crippen molar-refractivity contribution in [1.82, 2.24) is 15.0 Å². The Morgan fingerprint density at radius 3 is 2.61 bits per heavy atom. The van der Waals surface area contributed by atoms with Crippen molar-refractivity contribution >= 4 is 11.6 Å². The minimum Gasteiger partial charge on any atom is -0.325 e. The van der Waals surface area contributed by atoms with Crippen LogP contribution in [0.15, 0.2) is 24.3 Å². The van der Waals surface area contributed by atoms with Gasteiger partial charge in [-0.05, 0) is 37.1 Å². The predicted octanol–water partition coefficient (Wildman–Crippen LogP) is 2.72. The summed E-state index contributed by atoms with van der Waals surface area (Å²) < 4.78 is 1.86. The average molecular weight is 265 g/mol. The maximum Gasteiger partial charge on any atom is 0.0999 e. The first-order valence-corrected chi connectivity index (χ1v) is 6.53. The lowest BCUT2D eigenvalue weighted by Gasteiger charge is -2.07. The molecule has 0 bridgehead atoms. The molecule has 0 atom stereocenters. The Morgan fingerprint density at radius 2 is 2.00 bits per heavy atom. The number of hydrogen-bond donors (Lipinski definition) is 1. The van der Waals surface area contributed by atoms with Gasteiger partial charge in [0.15, 0.2) is 0 Å². The molecule has 0 radical (unpaired) electrons. The number of nitrogens with two attached hydrogens (primary N) is 1. The van der Waals surface area contributed by atoms with Gasteiger partial charge in [0, 0.05) is 11.6 Å². The van der Waals surface area contributed by atoms with Gasteiger partial charge in [0.2, 0.25) is 0 Å². The number of aromatic nitrogens is 3. The second kappa shape index (κ2) is 5.98. The summed E-state index contributed by atoms with van der Waals surface area (Å²) in [6.07, 6.45) is 3.18. The second-order valence-corrected chi connectivity index (χ2v) is 4.62. The highest BCUT2D eigenvalue weighted by molar-refractivity contribution is 6.30. The van der Waals surface area contributed by atoms with E-state index >= 15 is 0 Å². The fraction of sp³-hybridized carbons (Fsp3) is 0.385. The van der Waals surface area contributed by atoms with Crippen molar-refractivity contribution in [3.8, 4) is 5.69 Å². The highest BCUT2D eigenvalue weighted by atomic mass is 35.5. The summed E-state index contributed by atoms with van der Waals surface area (Å²) in [7, 11) is 0. The van der Waals surface area contributed by atoms with Gasteiger partial charge in [-0.3, -0.25) is 0 Å². The first-order valence-electron chi connectivity index (χ1n) is 6.15. The summed E-state index contributed by atoms with van der Waals surface area (Å²) in [5.74, 6) is 0. The SMILES string of the molecule is CCCCc1c(CN)nnn1-c1ccc(Cl)cc1. The molecule has 1 heterocycles. The van der Waals surface area contributed by atoms with E-state index in [1.165, 1.54) is 0 Å². The molecule has 0 aliphatic heterocycles. The van der Waals surface area contributed by atoms with E-state index in [4.69, 9.17) is 17.3 Å². The van der Waals surface area contributed by atoms with Gasteiger partial charge in [-0.2, -0.15) is 0 Å². The Bertz CT molecular complexity index is 504. The van der Waals surface area contributed by atoms with Crippen molar-refractivity contribution in [2.24, 2.45) is 5.73 Å². The van der Waals surface area contributed by atoms with E-state index in [-0.39, 0.29) is 0 Å². The number of hydrogen-bond acceptors (Lipinski definition) is 3. The molecule has 4 nitrogen and oxygen atoms in total. The monoisotopic (exact) mass is 264 g/mol. The number of benzene rings is 1. The van der Waals surface area contributed by atoms with Crippen LogP contribution in [0.25, 0.3) is 5.69 Å². The van der Waals surface area contributed by atoms with E-state index in [1.807, 2.05) is 28.9 Å². The molecule has 2 rings (SSSR count). The molecule has 1 aromatic carbocycles. The highest BCUT2D eigenvalue weighted by Gasteiger charge is 2.12. The molecule has 0 spiro atoms. The maximum atomic E-state index is 5.89. The molecular formula is C13H17ClN4. The van der Waals surface area contributed by atoms with Gasteiger partial charge in [-0.15, -0.1) is 5.10 Å². The standard InChI is InChI=1S/C13H17ClN4/c1-2-3-4-13-12(9-15)16-17-18(13)11-7-5-10(14)6-8-11/h5-8H,2-4,9,15H2,1H3. The van der Waals surface area contributed by atoms with Crippen LogP contribution in [0, 0.1) is 0 Å². The van der Waals surface area contributed by atoms with Crippen molar-refractivity contribution in [3.05, 3.63) is 40.7 Å². The third kappa shape index (κ3) is 2.71. The Kier molecular flexibility index (Phi) is 4.33. The van der Waals surface area contributed by atoms with E-state index < -0.39 is 0 Å². The van der Waals surface area contributed by atoms with E-state index in [1.54, 1.807) is 0 Å². The number of nitrogens with zero attached hydrogens (tertiary/aromatic N) is 3. The van der Waals surface area contributed by atoms with Gasteiger partial charge in [0.25, 0.3) is 0 Å². The fourth-order valence-electron chi connectivity index (χ4n) is 1.88. The molecule has 2 N–H and O–H groups in total. The van der Waals surface area contributed by atoms with Crippen LogP contribution in [-0.2, 0) is 13.0 Å². The summed E-state index contributed by atoms with van der Waals surface area (Å²) >= 11 is 5.89. The molecule has 0 saturated heterocycles. The van der Waals surface area contributed by atoms with Crippen LogP contribution in [0.3, 0.4) is 0 Å². The zero-order chi connectivity index (χ0) is 13.0. The lowest BCUT2D eigenvalue weighted by atomic mass is 10.1. The number of rotatable bonds is 5. The van der Waals surface area contributed by atoms with Crippen molar-refractivity contribution in [3.63, 3.8) is 0 Å². The molecule has 5 heteroatoms. The van der Waals surface area contributed by atoms with E-state index in [2.05, 4.69) is 17.2 Å². The van der Waals surface area contributed by atoms with Gasteiger partial charge in [-0.25, -0.2) is 4.68 Å². The first kappa shape index (κ1) is 13.1. The Labute approximate surface area is 112 Å². The Morgan fingerprint density at radius 1 is 1.28 bits per heavy atom. The zero-order valence-corrected chi connectivity index (χ0v) is 11.2. The zero-order valence-electron chi connectivity index (χ0n) is 10.4. The minimum absolute atomic E-state index is 0.423. The molecule has 0 amide bonds. The van der Waals surface area contributed by atoms with Crippen LogP contribution in [-0.4, -0.2) is 15.0 Å². The molecule has 0 unspecified atom stereocenters. The van der Waals surface area contributed by atoms with Gasteiger partial charge in [0.1, 0.15) is 0 Å². The van der Waals surface area contributed by atoms with E-state index in [0.29, 0.717) is 11.6 Å². The summed E-state index contributed by atoms with van der Waals surface area (Å²) in [5, 5.41) is 9.04. The second-order valence-electron chi connectivity index (χ2n) is 4.18. The topological polar surface area (TPSA) is 56.7 Å². The first-order chi connectivity index (χ1) is 8.76. The molecule has 2 aromatic rings. The van der Waals surface area contributed by atoms with Gasteiger partial charge >= 0.3 is 0 Å². The molecule has 0 aliphatic carbocycles. The van der Waals surface area contributed by atoms with Crippen LogP contribution in [0.2, 0.25) is 5.02 Å². The lowest BCUT2D eigenvalue weighted by molar-refractivity contribution is 0.714. The lowest BCUT2D eigenvalue weighted by Crippen LogP contribution is -2.06. The summed E-state index contributed by atoms with van der Waals surface area (Å²) in [4.78, 5) is 0. The quantitative estimate of drug-likeness (QED) is 0.903. The fourth-order valence-corrected chi connectivity index (χ4v) is 2.00. The Balaban J connectivity index is 2.37. The molecule has 0 aliphatic rings. The molecule has 96 valence electrons. The Hall–Kier alpha value is -1.39. The van der Waals surface area contributed by atoms with Gasteiger partial charge in [0.05, 0.1) is 17.1 Å². The largest absolute Gasteiger partial charge is 0.325 e. The third-order valence-electron chi connectivity index (χ3n) is 2.88. The molecular weight excluding hydrogens is 248 g/mol. The summed E-state index contributed by atoms with van der Waals surface area (Å²) in [6.45, 7) is 2.59. The normalized spacial score (nSPS) is 10.8. The third-order valence-corrected chi connectivity index (χ3v) is 3.13. The van der Waals surface area contributed by atoms with E-state index in [9.17, 15) is 0 Å². The number of halogens is 1. The van der Waals surface area contributed by atoms with Crippen LogP contribution < -0.4 is 5.73 Å². The van der Waals surface area contributed by atoms with Crippen molar-refractivity contribution in [2.45, 2.75) is 32.7 Å². The van der Waals surface area contributed by atoms with Crippen molar-refractivity contribution in [1.29, 1.82) is 0 Å². The van der Waals surface area contributed by atoms with Crippen LogP contribution in [0.4, 0.5) is 0 Å². The number of unbranched alkanes of at least 4 members (excludes halogenated alkanes) is 1. The smallest absolute Gasteiger partial charge is 0.0999 e.